The normalized spacial score (nSPS) is 19.6. The molecule has 104 valence electrons. The fourth-order valence-corrected chi connectivity index (χ4v) is 1.91. The molecule has 1 aliphatic rings. The maximum atomic E-state index is 12.0. The largest absolute Gasteiger partial charge is 0.573 e. The van der Waals surface area contributed by atoms with Gasteiger partial charge in [-0.1, -0.05) is 0 Å². The SMILES string of the molecule is O=C(c1ccc(OC(F)(F)F)cc1)N1CC[C@@H](O)C1. The Morgan fingerprint density at radius 2 is 1.95 bits per heavy atom. The van der Waals surface area contributed by atoms with Gasteiger partial charge in [-0.3, -0.25) is 4.79 Å². The van der Waals surface area contributed by atoms with Crippen LogP contribution in [0, 0.1) is 0 Å². The van der Waals surface area contributed by atoms with Crippen LogP contribution in [-0.2, 0) is 0 Å². The molecule has 1 aromatic carbocycles. The lowest BCUT2D eigenvalue weighted by Crippen LogP contribution is -2.29. The minimum Gasteiger partial charge on any atom is -0.406 e. The highest BCUT2D eigenvalue weighted by Crippen LogP contribution is 2.23. The number of carbonyl (C=O) groups is 1. The first-order valence-electron chi connectivity index (χ1n) is 5.68. The second-order valence-electron chi connectivity index (χ2n) is 4.27. The fraction of sp³-hybridized carbons (Fsp3) is 0.417. The zero-order chi connectivity index (χ0) is 14.0. The number of hydrogen-bond acceptors (Lipinski definition) is 3. The maximum absolute atomic E-state index is 12.0. The van der Waals surface area contributed by atoms with Crippen molar-refractivity contribution in [2.75, 3.05) is 13.1 Å². The second-order valence-corrected chi connectivity index (χ2v) is 4.27. The summed E-state index contributed by atoms with van der Waals surface area (Å²) < 4.78 is 39.6. The smallest absolute Gasteiger partial charge is 0.406 e. The molecule has 4 nitrogen and oxygen atoms in total. The van der Waals surface area contributed by atoms with Crippen LogP contribution in [0.2, 0.25) is 0 Å². The molecule has 1 heterocycles. The molecule has 0 spiro atoms. The van der Waals surface area contributed by atoms with E-state index in [1.807, 2.05) is 0 Å². The zero-order valence-electron chi connectivity index (χ0n) is 9.85. The Morgan fingerprint density at radius 3 is 2.42 bits per heavy atom. The number of rotatable bonds is 2. The van der Waals surface area contributed by atoms with Crippen LogP contribution in [0.1, 0.15) is 16.8 Å². The predicted molar refractivity (Wildman–Crippen MR) is 59.7 cm³/mol. The molecule has 1 N–H and O–H groups in total. The minimum absolute atomic E-state index is 0.250. The molecule has 1 aliphatic heterocycles. The van der Waals surface area contributed by atoms with Crippen LogP contribution in [0.3, 0.4) is 0 Å². The average Bonchev–Trinajstić information content (AvgIpc) is 2.74. The number of hydrogen-bond donors (Lipinski definition) is 1. The van der Waals surface area contributed by atoms with Gasteiger partial charge in [-0.15, -0.1) is 13.2 Å². The lowest BCUT2D eigenvalue weighted by Gasteiger charge is -2.15. The van der Waals surface area contributed by atoms with Crippen molar-refractivity contribution < 1.29 is 27.8 Å². The van der Waals surface area contributed by atoms with Crippen LogP contribution >= 0.6 is 0 Å². The lowest BCUT2D eigenvalue weighted by atomic mass is 10.2. The third-order valence-electron chi connectivity index (χ3n) is 2.79. The van der Waals surface area contributed by atoms with Crippen LogP contribution in [0.4, 0.5) is 13.2 Å². The molecular weight excluding hydrogens is 263 g/mol. The molecular formula is C12H12F3NO3. The van der Waals surface area contributed by atoms with E-state index < -0.39 is 12.5 Å². The number of amides is 1. The number of benzene rings is 1. The molecule has 0 bridgehead atoms. The zero-order valence-corrected chi connectivity index (χ0v) is 9.85. The van der Waals surface area contributed by atoms with Gasteiger partial charge < -0.3 is 14.7 Å². The van der Waals surface area contributed by atoms with E-state index in [0.717, 1.165) is 12.1 Å². The number of carbonyl (C=O) groups excluding carboxylic acids is 1. The number of likely N-dealkylation sites (tertiary alicyclic amines) is 1. The van der Waals surface area contributed by atoms with Gasteiger partial charge in [-0.05, 0) is 30.7 Å². The van der Waals surface area contributed by atoms with Crippen molar-refractivity contribution in [2.24, 2.45) is 0 Å². The van der Waals surface area contributed by atoms with Crippen LogP contribution in [0.5, 0.6) is 5.75 Å². The van der Waals surface area contributed by atoms with Crippen molar-refractivity contribution in [3.8, 4) is 5.75 Å². The van der Waals surface area contributed by atoms with Gasteiger partial charge in [-0.25, -0.2) is 0 Å². The average molecular weight is 275 g/mol. The van der Waals surface area contributed by atoms with Gasteiger partial charge in [0.1, 0.15) is 5.75 Å². The first kappa shape index (κ1) is 13.7. The van der Waals surface area contributed by atoms with E-state index in [9.17, 15) is 23.1 Å². The highest BCUT2D eigenvalue weighted by Gasteiger charge is 2.31. The number of alkyl halides is 3. The van der Waals surface area contributed by atoms with Gasteiger partial charge in [0.2, 0.25) is 0 Å². The van der Waals surface area contributed by atoms with Gasteiger partial charge in [-0.2, -0.15) is 0 Å². The maximum Gasteiger partial charge on any atom is 0.573 e. The van der Waals surface area contributed by atoms with Crippen LogP contribution in [0.25, 0.3) is 0 Å². The molecule has 0 aliphatic carbocycles. The Bertz CT molecular complexity index is 458. The van der Waals surface area contributed by atoms with E-state index in [1.165, 1.54) is 17.0 Å². The Kier molecular flexibility index (Phi) is 3.66. The Hall–Kier alpha value is -1.76. The Labute approximate surface area is 107 Å². The molecule has 2 rings (SSSR count). The summed E-state index contributed by atoms with van der Waals surface area (Å²) in [5, 5.41) is 9.33. The third kappa shape index (κ3) is 3.60. The summed E-state index contributed by atoms with van der Waals surface area (Å²) in [5.74, 6) is -0.680. The first-order valence-corrected chi connectivity index (χ1v) is 5.68. The molecule has 19 heavy (non-hydrogen) atoms. The number of aliphatic hydroxyl groups excluding tert-OH is 1. The quantitative estimate of drug-likeness (QED) is 0.895. The summed E-state index contributed by atoms with van der Waals surface area (Å²) in [6, 6.07) is 4.72. The van der Waals surface area contributed by atoms with Gasteiger partial charge in [0.25, 0.3) is 5.91 Å². The topological polar surface area (TPSA) is 49.8 Å². The molecule has 1 aromatic rings. The molecule has 0 radical (unpaired) electrons. The van der Waals surface area contributed by atoms with Crippen molar-refractivity contribution >= 4 is 5.91 Å². The number of nitrogens with zero attached hydrogens (tertiary/aromatic N) is 1. The number of β-amino-alcohol motifs (C(OH)–C–C–N with tert-alkyl or cyclic N) is 1. The van der Waals surface area contributed by atoms with Gasteiger partial charge in [0, 0.05) is 18.7 Å². The van der Waals surface area contributed by atoms with Crippen molar-refractivity contribution in [3.63, 3.8) is 0 Å². The minimum atomic E-state index is -4.75. The van der Waals surface area contributed by atoms with E-state index in [0.29, 0.717) is 13.0 Å². The number of aliphatic hydroxyl groups is 1. The lowest BCUT2D eigenvalue weighted by molar-refractivity contribution is -0.274. The highest BCUT2D eigenvalue weighted by molar-refractivity contribution is 5.94. The number of halogens is 3. The third-order valence-corrected chi connectivity index (χ3v) is 2.79. The van der Waals surface area contributed by atoms with Crippen LogP contribution < -0.4 is 4.74 Å². The molecule has 0 saturated carbocycles. The Morgan fingerprint density at radius 1 is 1.32 bits per heavy atom. The molecule has 0 unspecified atom stereocenters. The standard InChI is InChI=1S/C12H12F3NO3/c13-12(14,15)19-10-3-1-8(2-4-10)11(18)16-6-5-9(17)7-16/h1-4,9,17H,5-7H2/t9-/m1/s1. The summed E-state index contributed by atoms with van der Waals surface area (Å²) >= 11 is 0. The van der Waals surface area contributed by atoms with E-state index in [4.69, 9.17) is 0 Å². The summed E-state index contributed by atoms with van der Waals surface area (Å²) in [4.78, 5) is 13.4. The Balaban J connectivity index is 2.04. The summed E-state index contributed by atoms with van der Waals surface area (Å²) in [6.45, 7) is 0.695. The second kappa shape index (κ2) is 5.08. The van der Waals surface area contributed by atoms with E-state index in [2.05, 4.69) is 4.74 Å². The van der Waals surface area contributed by atoms with Gasteiger partial charge >= 0.3 is 6.36 Å². The predicted octanol–water partition coefficient (Wildman–Crippen LogP) is 1.79. The monoisotopic (exact) mass is 275 g/mol. The number of ether oxygens (including phenoxy) is 1. The molecule has 1 fully saturated rings. The van der Waals surface area contributed by atoms with Crippen molar-refractivity contribution in [2.45, 2.75) is 18.9 Å². The summed E-state index contributed by atoms with van der Waals surface area (Å²) in [7, 11) is 0. The van der Waals surface area contributed by atoms with Crippen molar-refractivity contribution in [3.05, 3.63) is 29.8 Å². The van der Waals surface area contributed by atoms with Crippen LogP contribution in [0.15, 0.2) is 24.3 Å². The van der Waals surface area contributed by atoms with Gasteiger partial charge in [0.05, 0.1) is 6.10 Å². The van der Waals surface area contributed by atoms with E-state index in [-0.39, 0.29) is 23.8 Å². The molecule has 7 heteroatoms. The highest BCUT2D eigenvalue weighted by atomic mass is 19.4. The molecule has 0 aromatic heterocycles. The summed E-state index contributed by atoms with van der Waals surface area (Å²) in [6.07, 6.45) is -4.76. The molecule has 1 saturated heterocycles. The van der Waals surface area contributed by atoms with Crippen molar-refractivity contribution in [1.82, 2.24) is 4.90 Å². The molecule has 1 amide bonds. The summed E-state index contributed by atoms with van der Waals surface area (Å²) in [5.41, 5.74) is 0.267. The van der Waals surface area contributed by atoms with E-state index in [1.54, 1.807) is 0 Å². The van der Waals surface area contributed by atoms with Crippen LogP contribution in [-0.4, -0.2) is 41.5 Å². The first-order chi connectivity index (χ1) is 8.85. The van der Waals surface area contributed by atoms with E-state index >= 15 is 0 Å². The fourth-order valence-electron chi connectivity index (χ4n) is 1.91. The molecule has 1 atom stereocenters. The van der Waals surface area contributed by atoms with Gasteiger partial charge in [0.15, 0.2) is 0 Å². The van der Waals surface area contributed by atoms with Crippen molar-refractivity contribution in [1.29, 1.82) is 0 Å².